The van der Waals surface area contributed by atoms with E-state index in [0.29, 0.717) is 10.0 Å². The van der Waals surface area contributed by atoms with Gasteiger partial charge >= 0.3 is 0 Å². The van der Waals surface area contributed by atoms with Gasteiger partial charge in [-0.25, -0.2) is 0 Å². The van der Waals surface area contributed by atoms with Crippen LogP contribution in [0.15, 0.2) is 35.4 Å². The first-order chi connectivity index (χ1) is 9.56. The largest absolute Gasteiger partial charge is 0.255 e. The van der Waals surface area contributed by atoms with E-state index in [-0.39, 0.29) is 12.0 Å². The maximum absolute atomic E-state index is 6.29. The van der Waals surface area contributed by atoms with Crippen molar-refractivity contribution >= 4 is 58.0 Å². The molecule has 0 saturated carbocycles. The molecule has 3 rings (SSSR count). The number of nitrogens with zero attached hydrogens (tertiary/aromatic N) is 2. The lowest BCUT2D eigenvalue weighted by Crippen LogP contribution is -2.22. The second-order valence-electron chi connectivity index (χ2n) is 4.65. The van der Waals surface area contributed by atoms with Crippen LogP contribution in [0.2, 0.25) is 14.4 Å². The Bertz CT molecular complexity index is 668. The molecular formula is C14H11Cl3N2S. The van der Waals surface area contributed by atoms with E-state index in [2.05, 4.69) is 12.0 Å². The van der Waals surface area contributed by atoms with Gasteiger partial charge in [-0.1, -0.05) is 41.7 Å². The molecule has 2 aromatic rings. The number of hydrogen-bond acceptors (Lipinski definition) is 3. The third-order valence-corrected chi connectivity index (χ3v) is 5.07. The molecule has 0 amide bonds. The molecule has 0 saturated heterocycles. The zero-order chi connectivity index (χ0) is 14.3. The van der Waals surface area contributed by atoms with E-state index in [1.165, 1.54) is 4.88 Å². The third kappa shape index (κ3) is 2.56. The van der Waals surface area contributed by atoms with E-state index >= 15 is 0 Å². The molecule has 0 N–H and O–H groups in total. The molecule has 0 aliphatic carbocycles. The molecule has 1 aliphatic rings. The van der Waals surface area contributed by atoms with Gasteiger partial charge in [0, 0.05) is 22.0 Å². The predicted octanol–water partition coefficient (Wildman–Crippen LogP) is 5.89. The highest BCUT2D eigenvalue weighted by Gasteiger charge is 2.32. The first-order valence-corrected chi connectivity index (χ1v) is 8.05. The Labute approximate surface area is 136 Å². The maximum atomic E-state index is 6.29. The summed E-state index contributed by atoms with van der Waals surface area (Å²) >= 11 is 19.9. The monoisotopic (exact) mass is 344 g/mol. The Hall–Kier alpha value is -0.740. The Morgan fingerprint density at radius 2 is 1.95 bits per heavy atom. The molecule has 2 heterocycles. The number of thiophene rings is 1. The smallest absolute Gasteiger partial charge is 0.0943 e. The van der Waals surface area contributed by atoms with Crippen LogP contribution in [-0.4, -0.2) is 6.21 Å². The molecule has 0 unspecified atom stereocenters. The Balaban J connectivity index is 2.01. The van der Waals surface area contributed by atoms with E-state index < -0.39 is 0 Å². The molecule has 20 heavy (non-hydrogen) atoms. The molecule has 1 aromatic heterocycles. The van der Waals surface area contributed by atoms with Crippen LogP contribution in [0, 0.1) is 5.92 Å². The van der Waals surface area contributed by atoms with Crippen molar-refractivity contribution in [2.24, 2.45) is 11.0 Å². The molecule has 0 radical (unpaired) electrons. The lowest BCUT2D eigenvalue weighted by Gasteiger charge is -2.26. The van der Waals surface area contributed by atoms with Crippen molar-refractivity contribution in [2.45, 2.75) is 13.0 Å². The van der Waals surface area contributed by atoms with Gasteiger partial charge in [-0.05, 0) is 30.3 Å². The zero-order valence-electron chi connectivity index (χ0n) is 10.6. The van der Waals surface area contributed by atoms with Gasteiger partial charge in [-0.3, -0.25) is 5.01 Å². The summed E-state index contributed by atoms with van der Waals surface area (Å²) in [4.78, 5) is 1.17. The molecular weight excluding hydrogens is 335 g/mol. The van der Waals surface area contributed by atoms with Gasteiger partial charge in [0.25, 0.3) is 0 Å². The van der Waals surface area contributed by atoms with Crippen molar-refractivity contribution in [1.29, 1.82) is 0 Å². The van der Waals surface area contributed by atoms with Crippen molar-refractivity contribution < 1.29 is 0 Å². The average Bonchev–Trinajstić information content (AvgIpc) is 2.96. The zero-order valence-corrected chi connectivity index (χ0v) is 13.6. The maximum Gasteiger partial charge on any atom is 0.0943 e. The van der Waals surface area contributed by atoms with Crippen molar-refractivity contribution in [2.75, 3.05) is 5.01 Å². The van der Waals surface area contributed by atoms with Crippen LogP contribution in [0.25, 0.3) is 0 Å². The van der Waals surface area contributed by atoms with Crippen LogP contribution in [-0.2, 0) is 0 Å². The minimum Gasteiger partial charge on any atom is -0.255 e. The fourth-order valence-electron chi connectivity index (χ4n) is 2.30. The summed E-state index contributed by atoms with van der Waals surface area (Å²) in [5.41, 5.74) is 0.853. The van der Waals surface area contributed by atoms with Gasteiger partial charge in [0.15, 0.2) is 0 Å². The quantitative estimate of drug-likeness (QED) is 0.662. The number of anilines is 1. The van der Waals surface area contributed by atoms with Crippen LogP contribution in [0.4, 0.5) is 5.69 Å². The normalized spacial score (nSPS) is 21.7. The summed E-state index contributed by atoms with van der Waals surface area (Å²) in [6.07, 6.45) is 1.93. The summed E-state index contributed by atoms with van der Waals surface area (Å²) in [7, 11) is 0. The minimum absolute atomic E-state index is 0.117. The first kappa shape index (κ1) is 14.2. The molecule has 6 heteroatoms. The summed E-state index contributed by atoms with van der Waals surface area (Å²) < 4.78 is 0.779. The van der Waals surface area contributed by atoms with Gasteiger partial charge in [-0.2, -0.15) is 5.10 Å². The van der Waals surface area contributed by atoms with E-state index in [4.69, 9.17) is 34.8 Å². The molecule has 1 aromatic carbocycles. The number of hydrazone groups is 1. The van der Waals surface area contributed by atoms with Gasteiger partial charge in [-0.15, -0.1) is 11.3 Å². The van der Waals surface area contributed by atoms with Crippen molar-refractivity contribution in [3.8, 4) is 0 Å². The van der Waals surface area contributed by atoms with E-state index in [1.54, 1.807) is 17.4 Å². The second-order valence-corrected chi connectivity index (χ2v) is 7.24. The fraction of sp³-hybridized carbons (Fsp3) is 0.214. The number of hydrogen-bond donors (Lipinski definition) is 0. The van der Waals surface area contributed by atoms with Crippen LogP contribution >= 0.6 is 46.1 Å². The summed E-state index contributed by atoms with van der Waals surface area (Å²) in [5, 5.41) is 7.64. The average molecular weight is 346 g/mol. The third-order valence-electron chi connectivity index (χ3n) is 3.23. The van der Waals surface area contributed by atoms with Crippen LogP contribution in [0.3, 0.4) is 0 Å². The van der Waals surface area contributed by atoms with Crippen LogP contribution < -0.4 is 5.01 Å². The van der Waals surface area contributed by atoms with Gasteiger partial charge in [0.2, 0.25) is 0 Å². The first-order valence-electron chi connectivity index (χ1n) is 6.10. The Morgan fingerprint density at radius 3 is 2.60 bits per heavy atom. The molecule has 0 fully saturated rings. The predicted molar refractivity (Wildman–Crippen MR) is 88.7 cm³/mol. The number of benzene rings is 1. The van der Waals surface area contributed by atoms with Gasteiger partial charge in [0.05, 0.1) is 21.1 Å². The lowest BCUT2D eigenvalue weighted by atomic mass is 10.0. The Kier molecular flexibility index (Phi) is 3.95. The summed E-state index contributed by atoms with van der Waals surface area (Å²) in [5.74, 6) is 0.288. The topological polar surface area (TPSA) is 15.6 Å². The lowest BCUT2D eigenvalue weighted by molar-refractivity contribution is 0.602. The number of rotatable bonds is 2. The highest BCUT2D eigenvalue weighted by molar-refractivity contribution is 7.16. The highest BCUT2D eigenvalue weighted by atomic mass is 35.5. The molecule has 1 aliphatic heterocycles. The molecule has 0 bridgehead atoms. The van der Waals surface area contributed by atoms with Crippen molar-refractivity contribution in [3.63, 3.8) is 0 Å². The second kappa shape index (κ2) is 5.57. The van der Waals surface area contributed by atoms with Crippen molar-refractivity contribution in [3.05, 3.63) is 49.6 Å². The van der Waals surface area contributed by atoms with Crippen LogP contribution in [0.1, 0.15) is 17.8 Å². The molecule has 0 spiro atoms. The standard InChI is InChI=1S/C14H11Cl3N2S/c1-8-7-18-19(11-3-2-9(15)6-10(11)16)14(8)12-4-5-13(17)20-12/h2-8,14H,1H3/t8-,14-/m1/s1. The van der Waals surface area contributed by atoms with Crippen molar-refractivity contribution in [1.82, 2.24) is 0 Å². The van der Waals surface area contributed by atoms with E-state index in [1.807, 2.05) is 35.5 Å². The fourth-order valence-corrected chi connectivity index (χ4v) is 4.06. The minimum atomic E-state index is 0.117. The highest BCUT2D eigenvalue weighted by Crippen LogP contribution is 2.42. The summed E-state index contributed by atoms with van der Waals surface area (Å²) in [6.45, 7) is 2.13. The van der Waals surface area contributed by atoms with Gasteiger partial charge < -0.3 is 0 Å². The van der Waals surface area contributed by atoms with E-state index in [9.17, 15) is 0 Å². The Morgan fingerprint density at radius 1 is 1.15 bits per heavy atom. The molecule has 104 valence electrons. The van der Waals surface area contributed by atoms with Gasteiger partial charge in [0.1, 0.15) is 0 Å². The molecule has 2 atom stereocenters. The van der Waals surface area contributed by atoms with Crippen LogP contribution in [0.5, 0.6) is 0 Å². The SMILES string of the molecule is C[C@@H]1C=NN(c2ccc(Cl)cc2Cl)[C@H]1c1ccc(Cl)s1. The summed E-state index contributed by atoms with van der Waals surface area (Å²) in [6, 6.07) is 9.51. The van der Waals surface area contributed by atoms with E-state index in [0.717, 1.165) is 10.0 Å². The number of halogens is 3. The molecule has 2 nitrogen and oxygen atoms in total.